The molecule has 1 aliphatic carbocycles. The van der Waals surface area contributed by atoms with E-state index in [4.69, 9.17) is 4.74 Å². The number of methoxy groups -OCH3 is 1. The lowest BCUT2D eigenvalue weighted by molar-refractivity contribution is 0.215. The first-order valence-corrected chi connectivity index (χ1v) is 6.79. The monoisotopic (exact) mass is 249 g/mol. The summed E-state index contributed by atoms with van der Waals surface area (Å²) in [7, 11) is 1.66. The van der Waals surface area contributed by atoms with Crippen molar-refractivity contribution in [1.29, 1.82) is 0 Å². The van der Waals surface area contributed by atoms with Gasteiger partial charge in [-0.25, -0.2) is 4.98 Å². The molecule has 1 unspecified atom stereocenters. The number of rotatable bonds is 5. The summed E-state index contributed by atoms with van der Waals surface area (Å²) in [6, 6.07) is 0.230. The number of hydrogen-bond donors (Lipinski definition) is 1. The van der Waals surface area contributed by atoms with Crippen LogP contribution in [0.2, 0.25) is 0 Å². The molecule has 0 aliphatic heterocycles. The maximum Gasteiger partial charge on any atom is 0.237 e. The second-order valence-corrected chi connectivity index (χ2v) is 5.30. The van der Waals surface area contributed by atoms with Crippen molar-refractivity contribution in [2.75, 3.05) is 13.7 Å². The van der Waals surface area contributed by atoms with Crippen molar-refractivity contribution in [3.05, 3.63) is 18.1 Å². The molecule has 1 aliphatic rings. The Morgan fingerprint density at radius 2 is 2.00 bits per heavy atom. The Kier molecular flexibility index (Phi) is 4.17. The smallest absolute Gasteiger partial charge is 0.237 e. The maximum absolute atomic E-state index is 5.36. The zero-order valence-corrected chi connectivity index (χ0v) is 11.6. The van der Waals surface area contributed by atoms with Gasteiger partial charge in [0.2, 0.25) is 5.88 Å². The summed E-state index contributed by atoms with van der Waals surface area (Å²) >= 11 is 0. The fourth-order valence-corrected chi connectivity index (χ4v) is 3.04. The fraction of sp³-hybridized carbons (Fsp3) is 0.714. The molecule has 4 nitrogen and oxygen atoms in total. The molecule has 0 spiro atoms. The number of hydrogen-bond acceptors (Lipinski definition) is 4. The summed E-state index contributed by atoms with van der Waals surface area (Å²) in [5.74, 6) is 0.650. The molecule has 0 bridgehead atoms. The molecule has 0 radical (unpaired) electrons. The molecule has 2 rings (SSSR count). The van der Waals surface area contributed by atoms with Crippen molar-refractivity contribution in [1.82, 2.24) is 15.3 Å². The van der Waals surface area contributed by atoms with E-state index in [1.807, 2.05) is 0 Å². The molecule has 1 heterocycles. The fourth-order valence-electron chi connectivity index (χ4n) is 3.04. The zero-order chi connectivity index (χ0) is 13.0. The minimum absolute atomic E-state index is 0.230. The highest BCUT2D eigenvalue weighted by Gasteiger charge is 2.39. The molecule has 0 saturated heterocycles. The third-order valence-electron chi connectivity index (χ3n) is 4.01. The molecule has 1 fully saturated rings. The van der Waals surface area contributed by atoms with Crippen LogP contribution in [0, 0.1) is 5.41 Å². The van der Waals surface area contributed by atoms with Crippen molar-refractivity contribution in [2.24, 2.45) is 5.41 Å². The Bertz CT molecular complexity index is 388. The van der Waals surface area contributed by atoms with Crippen LogP contribution in [-0.2, 0) is 0 Å². The highest BCUT2D eigenvalue weighted by atomic mass is 16.5. The highest BCUT2D eigenvalue weighted by molar-refractivity contribution is 5.23. The van der Waals surface area contributed by atoms with E-state index in [1.54, 1.807) is 19.5 Å². The van der Waals surface area contributed by atoms with Gasteiger partial charge in [-0.2, -0.15) is 0 Å². The van der Waals surface area contributed by atoms with E-state index in [0.717, 1.165) is 12.2 Å². The lowest BCUT2D eigenvalue weighted by Crippen LogP contribution is -2.35. The van der Waals surface area contributed by atoms with Crippen LogP contribution in [0.5, 0.6) is 5.88 Å². The molecule has 1 N–H and O–H groups in total. The molecule has 1 saturated carbocycles. The molecule has 100 valence electrons. The van der Waals surface area contributed by atoms with E-state index in [9.17, 15) is 0 Å². The molecule has 4 heteroatoms. The van der Waals surface area contributed by atoms with Crippen molar-refractivity contribution >= 4 is 0 Å². The van der Waals surface area contributed by atoms with E-state index in [1.165, 1.54) is 25.7 Å². The van der Waals surface area contributed by atoms with E-state index < -0.39 is 0 Å². The number of ether oxygens (including phenoxy) is 1. The van der Waals surface area contributed by atoms with Gasteiger partial charge >= 0.3 is 0 Å². The van der Waals surface area contributed by atoms with Crippen LogP contribution in [-0.4, -0.2) is 23.6 Å². The van der Waals surface area contributed by atoms with E-state index in [-0.39, 0.29) is 11.5 Å². The van der Waals surface area contributed by atoms with Gasteiger partial charge in [-0.1, -0.05) is 26.7 Å². The van der Waals surface area contributed by atoms with Gasteiger partial charge in [0.05, 0.1) is 13.2 Å². The Hall–Kier alpha value is -1.16. The van der Waals surface area contributed by atoms with E-state index >= 15 is 0 Å². The van der Waals surface area contributed by atoms with E-state index in [2.05, 4.69) is 29.1 Å². The molecule has 1 atom stereocenters. The number of aromatic nitrogens is 2. The van der Waals surface area contributed by atoms with Crippen molar-refractivity contribution in [2.45, 2.75) is 45.6 Å². The van der Waals surface area contributed by atoms with Gasteiger partial charge in [0.25, 0.3) is 0 Å². The minimum atomic E-state index is 0.230. The molecule has 1 aromatic heterocycles. The van der Waals surface area contributed by atoms with Crippen LogP contribution in [0.3, 0.4) is 0 Å². The Morgan fingerprint density at radius 3 is 2.61 bits per heavy atom. The average molecular weight is 249 g/mol. The third kappa shape index (κ3) is 2.48. The summed E-state index contributed by atoms with van der Waals surface area (Å²) in [5, 5.41) is 3.57. The van der Waals surface area contributed by atoms with E-state index in [0.29, 0.717) is 5.88 Å². The lowest BCUT2D eigenvalue weighted by Gasteiger charge is -2.34. The number of nitrogens with zero attached hydrogens (tertiary/aromatic N) is 2. The van der Waals surface area contributed by atoms with Crippen molar-refractivity contribution < 1.29 is 4.74 Å². The normalized spacial score (nSPS) is 19.7. The first-order chi connectivity index (χ1) is 8.71. The summed E-state index contributed by atoms with van der Waals surface area (Å²) in [6.45, 7) is 5.41. The molecule has 18 heavy (non-hydrogen) atoms. The first-order valence-electron chi connectivity index (χ1n) is 6.79. The Labute approximate surface area is 109 Å². The second kappa shape index (κ2) is 5.65. The average Bonchev–Trinajstić information content (AvgIpc) is 2.84. The van der Waals surface area contributed by atoms with Gasteiger partial charge in [0, 0.05) is 12.4 Å². The zero-order valence-electron chi connectivity index (χ0n) is 11.6. The molecule has 0 aromatic carbocycles. The van der Waals surface area contributed by atoms with Gasteiger partial charge < -0.3 is 10.1 Å². The maximum atomic E-state index is 5.36. The summed E-state index contributed by atoms with van der Waals surface area (Å²) < 4.78 is 5.36. The Morgan fingerprint density at radius 1 is 1.33 bits per heavy atom. The quantitative estimate of drug-likeness (QED) is 0.871. The third-order valence-corrected chi connectivity index (χ3v) is 4.01. The predicted molar refractivity (Wildman–Crippen MR) is 71.6 cm³/mol. The largest absolute Gasteiger partial charge is 0.480 e. The van der Waals surface area contributed by atoms with Gasteiger partial charge in [0.1, 0.15) is 5.69 Å². The number of nitrogens with one attached hydrogen (secondary N) is 1. The first kappa shape index (κ1) is 13.3. The van der Waals surface area contributed by atoms with Crippen LogP contribution in [0.1, 0.15) is 51.3 Å². The topological polar surface area (TPSA) is 47.0 Å². The summed E-state index contributed by atoms with van der Waals surface area (Å²) in [4.78, 5) is 8.79. The van der Waals surface area contributed by atoms with Crippen LogP contribution < -0.4 is 10.1 Å². The minimum Gasteiger partial charge on any atom is -0.480 e. The van der Waals surface area contributed by atoms with Crippen LogP contribution in [0.4, 0.5) is 0 Å². The second-order valence-electron chi connectivity index (χ2n) is 5.30. The van der Waals surface area contributed by atoms with Gasteiger partial charge in [-0.3, -0.25) is 4.98 Å². The van der Waals surface area contributed by atoms with Gasteiger partial charge in [-0.15, -0.1) is 0 Å². The molecular formula is C14H23N3O. The molecule has 1 aromatic rings. The molecule has 0 amide bonds. The lowest BCUT2D eigenvalue weighted by atomic mass is 9.79. The standard InChI is InChI=1S/C14H23N3O/c1-4-15-12(14(2)7-5-6-8-14)11-13(18-3)17-10-9-16-11/h9-10,12,15H,4-8H2,1-3H3. The Balaban J connectivity index is 2.34. The van der Waals surface area contributed by atoms with Crippen LogP contribution in [0.15, 0.2) is 12.4 Å². The van der Waals surface area contributed by atoms with Gasteiger partial charge in [-0.05, 0) is 24.8 Å². The SMILES string of the molecule is CCNC(c1nccnc1OC)C1(C)CCCC1. The molecular weight excluding hydrogens is 226 g/mol. The summed E-state index contributed by atoms with van der Waals surface area (Å²) in [5.41, 5.74) is 1.21. The predicted octanol–water partition coefficient (Wildman–Crippen LogP) is 2.72. The van der Waals surface area contributed by atoms with Gasteiger partial charge in [0.15, 0.2) is 0 Å². The van der Waals surface area contributed by atoms with Crippen molar-refractivity contribution in [3.63, 3.8) is 0 Å². The van der Waals surface area contributed by atoms with Crippen LogP contribution in [0.25, 0.3) is 0 Å². The highest BCUT2D eigenvalue weighted by Crippen LogP contribution is 2.47. The summed E-state index contributed by atoms with van der Waals surface area (Å²) in [6.07, 6.45) is 8.53. The van der Waals surface area contributed by atoms with Crippen LogP contribution >= 0.6 is 0 Å². The van der Waals surface area contributed by atoms with Crippen molar-refractivity contribution in [3.8, 4) is 5.88 Å².